The van der Waals surface area contributed by atoms with Gasteiger partial charge in [-0.1, -0.05) is 77.3 Å². The van der Waals surface area contributed by atoms with Gasteiger partial charge in [0.1, 0.15) is 35.6 Å². The number of likely N-dealkylation sites (N-methyl/N-ethyl adjacent to an activating group) is 1. The summed E-state index contributed by atoms with van der Waals surface area (Å²) in [6, 6.07) is 4.93. The first-order chi connectivity index (χ1) is 37.2. The molecule has 0 aliphatic carbocycles. The zero-order chi connectivity index (χ0) is 57.7. The van der Waals surface area contributed by atoms with E-state index in [1.807, 2.05) is 65.9 Å². The molecule has 0 radical (unpaired) electrons. The first-order valence-corrected chi connectivity index (χ1v) is 29.1. The summed E-state index contributed by atoms with van der Waals surface area (Å²) in [4.78, 5) is 115. The molecule has 0 bridgehead atoms. The van der Waals surface area contributed by atoms with Crippen LogP contribution < -0.4 is 21.3 Å². The van der Waals surface area contributed by atoms with Crippen LogP contribution in [-0.4, -0.2) is 159 Å². The number of nitrogens with one attached hydrogen (secondary N) is 4. The molecule has 3 rings (SSSR count). The van der Waals surface area contributed by atoms with Crippen molar-refractivity contribution in [3.63, 3.8) is 0 Å². The van der Waals surface area contributed by atoms with Crippen molar-refractivity contribution in [2.75, 3.05) is 60.7 Å². The van der Waals surface area contributed by atoms with Crippen LogP contribution in [-0.2, 0) is 58.9 Å². The average Bonchev–Trinajstić information content (AvgIpc) is 3.91. The lowest BCUT2D eigenvalue weighted by Gasteiger charge is -2.38. The number of rotatable bonds is 39. The summed E-state index contributed by atoms with van der Waals surface area (Å²) in [7, 11) is 5.28. The molecular formula is C58H93N7O12S. The average molecular weight is 1110 g/mol. The summed E-state index contributed by atoms with van der Waals surface area (Å²) in [6.45, 7) is 17.3. The van der Waals surface area contributed by atoms with Crippen molar-refractivity contribution in [3.8, 4) is 0 Å². The maximum absolute atomic E-state index is 14.7. The van der Waals surface area contributed by atoms with Crippen molar-refractivity contribution in [3.05, 3.63) is 51.5 Å². The number of ether oxygens (including phenoxy) is 4. The Morgan fingerprint density at radius 2 is 1.64 bits per heavy atom. The summed E-state index contributed by atoms with van der Waals surface area (Å²) in [6.07, 6.45) is 5.61. The second kappa shape index (κ2) is 36.2. The Labute approximate surface area is 468 Å². The molecule has 5 amide bonds. The predicted octanol–water partition coefficient (Wildman–Crippen LogP) is 6.48. The summed E-state index contributed by atoms with van der Waals surface area (Å²) in [5.41, 5.74) is 2.18. The number of aromatic nitrogens is 1. The van der Waals surface area contributed by atoms with E-state index in [1.165, 1.54) is 18.3 Å². The Morgan fingerprint density at radius 1 is 0.910 bits per heavy atom. The molecule has 2 heterocycles. The van der Waals surface area contributed by atoms with Gasteiger partial charge in [-0.25, -0.2) is 4.98 Å². The van der Waals surface area contributed by atoms with E-state index in [2.05, 4.69) is 26.2 Å². The first kappa shape index (κ1) is 67.1. The smallest absolute Gasteiger partial charge is 0.293 e. The Balaban J connectivity index is 1.89. The number of amides is 5. The van der Waals surface area contributed by atoms with E-state index in [4.69, 9.17) is 23.9 Å². The second-order valence-electron chi connectivity index (χ2n) is 21.4. The molecule has 438 valence electrons. The molecule has 1 aliphatic rings. The van der Waals surface area contributed by atoms with Crippen molar-refractivity contribution in [1.29, 1.82) is 0 Å². The SMILES string of the molecule is CCC(=O)NCCCCC(NC(=O)C(C)NC(=O)CO[C@H](C[C@H](C(C)C)N(C)C(=O)[C@@H](CC(=O)C1CCCCN1C)C(C)CC)c1nc(C(=O)N[C@@H](Cc2ccc(C)cc2)CC(C)OC=O)cs1)C(=O)CCCOCCOC. The number of methoxy groups -OCH3 is 1. The number of benzene rings is 1. The number of hydrogen-bond acceptors (Lipinski definition) is 15. The standard InChI is InChI=1S/C58H93N7O12S/c1-12-40(6)45(33-51(68)48-20-15-17-27-64(48)9)58(73)65(10)49(38(3)4)34-52(57-63-47(36-78-57)56(72)61-44(31-41(7)77-37-66)32-43-24-22-39(5)23-25-43)76-35-54(70)60-42(8)55(71)62-46(19-14-16-26-59-53(69)13-2)50(67)21-18-28-75-30-29-74-11/h22-25,36-38,40-42,44-46,48-49,52H,12-21,26-35H2,1-11H3,(H,59,69)(H,60,70)(H,61,72)(H,62,71)/t40?,41?,42?,44-,45+,46?,48?,49-,52-/m1/s1. The van der Waals surface area contributed by atoms with Gasteiger partial charge < -0.3 is 45.1 Å². The van der Waals surface area contributed by atoms with E-state index in [9.17, 15) is 38.4 Å². The highest BCUT2D eigenvalue weighted by Crippen LogP contribution is 2.33. The molecule has 19 nitrogen and oxygen atoms in total. The molecule has 1 aromatic heterocycles. The Hall–Kier alpha value is -5.15. The number of likely N-dealkylation sites (tertiary alicyclic amines) is 1. The van der Waals surface area contributed by atoms with Gasteiger partial charge in [-0.3, -0.25) is 43.3 Å². The number of piperidine rings is 1. The van der Waals surface area contributed by atoms with Gasteiger partial charge in [0.25, 0.3) is 12.4 Å². The molecule has 1 aliphatic heterocycles. The molecule has 20 heteroatoms. The summed E-state index contributed by atoms with van der Waals surface area (Å²) in [5, 5.41) is 13.5. The normalized spacial score (nSPS) is 16.8. The minimum Gasteiger partial charge on any atom is -0.465 e. The molecule has 9 atom stereocenters. The first-order valence-electron chi connectivity index (χ1n) is 28.2. The fourth-order valence-corrected chi connectivity index (χ4v) is 10.6. The predicted molar refractivity (Wildman–Crippen MR) is 301 cm³/mol. The monoisotopic (exact) mass is 1110 g/mol. The van der Waals surface area contributed by atoms with Crippen LogP contribution in [0.4, 0.5) is 0 Å². The Morgan fingerprint density at radius 3 is 2.29 bits per heavy atom. The third-order valence-corrected chi connectivity index (χ3v) is 15.7. The Bertz CT molecular complexity index is 2170. The maximum Gasteiger partial charge on any atom is 0.293 e. The van der Waals surface area contributed by atoms with Gasteiger partial charge in [0, 0.05) is 82.8 Å². The topological polar surface area (TPSA) is 241 Å². The quantitative estimate of drug-likeness (QED) is 0.0414. The van der Waals surface area contributed by atoms with E-state index in [0.29, 0.717) is 89.2 Å². The number of ketones is 2. The van der Waals surface area contributed by atoms with Crippen LogP contribution in [0.1, 0.15) is 165 Å². The Kier molecular flexibility index (Phi) is 31.1. The highest BCUT2D eigenvalue weighted by molar-refractivity contribution is 7.09. The van der Waals surface area contributed by atoms with Gasteiger partial charge in [0.05, 0.1) is 25.3 Å². The summed E-state index contributed by atoms with van der Waals surface area (Å²) < 4.78 is 22.2. The number of Topliss-reactive ketones (excluding diaryl/α,β-unsaturated/α-hetero) is 2. The minimum atomic E-state index is -1.07. The van der Waals surface area contributed by atoms with Gasteiger partial charge in [0.2, 0.25) is 23.6 Å². The van der Waals surface area contributed by atoms with Crippen molar-refractivity contribution in [1.82, 2.24) is 36.1 Å². The molecule has 0 spiro atoms. The molecule has 78 heavy (non-hydrogen) atoms. The molecular weight excluding hydrogens is 1020 g/mol. The number of unbranched alkanes of at least 4 members (excludes halogenated alkanes) is 1. The van der Waals surface area contributed by atoms with Crippen LogP contribution in [0.2, 0.25) is 0 Å². The van der Waals surface area contributed by atoms with E-state index in [1.54, 1.807) is 38.3 Å². The van der Waals surface area contributed by atoms with Crippen LogP contribution in [0.5, 0.6) is 0 Å². The molecule has 1 fully saturated rings. The zero-order valence-electron chi connectivity index (χ0n) is 48.5. The fraction of sp³-hybridized carbons (Fsp3) is 0.707. The van der Waals surface area contributed by atoms with Crippen molar-refractivity contribution >= 4 is 58.9 Å². The minimum absolute atomic E-state index is 0.0663. The fourth-order valence-electron chi connectivity index (χ4n) is 9.69. The lowest BCUT2D eigenvalue weighted by Crippen LogP contribution is -2.51. The second-order valence-corrected chi connectivity index (χ2v) is 22.3. The number of thiazole rings is 1. The summed E-state index contributed by atoms with van der Waals surface area (Å²) in [5.74, 6) is -2.77. The number of aryl methyl sites for hydroxylation is 1. The van der Waals surface area contributed by atoms with Crippen LogP contribution in [0.25, 0.3) is 0 Å². The largest absolute Gasteiger partial charge is 0.465 e. The van der Waals surface area contributed by atoms with Gasteiger partial charge in [-0.2, -0.15) is 0 Å². The van der Waals surface area contributed by atoms with Gasteiger partial charge in [-0.05, 0) is 96.7 Å². The van der Waals surface area contributed by atoms with Crippen LogP contribution in [0, 0.1) is 24.7 Å². The third kappa shape index (κ3) is 23.7. The van der Waals surface area contributed by atoms with Gasteiger partial charge >= 0.3 is 0 Å². The molecule has 4 N–H and O–H groups in total. The van der Waals surface area contributed by atoms with Crippen molar-refractivity contribution in [2.24, 2.45) is 17.8 Å². The van der Waals surface area contributed by atoms with E-state index in [0.717, 1.165) is 36.9 Å². The van der Waals surface area contributed by atoms with Crippen LogP contribution >= 0.6 is 11.3 Å². The van der Waals surface area contributed by atoms with E-state index in [-0.39, 0.29) is 66.2 Å². The van der Waals surface area contributed by atoms with E-state index >= 15 is 0 Å². The highest BCUT2D eigenvalue weighted by atomic mass is 32.1. The molecule has 5 unspecified atom stereocenters. The van der Waals surface area contributed by atoms with Crippen molar-refractivity contribution < 1.29 is 57.3 Å². The third-order valence-electron chi connectivity index (χ3n) is 14.8. The number of hydrogen-bond donors (Lipinski definition) is 4. The van der Waals surface area contributed by atoms with Crippen LogP contribution in [0.3, 0.4) is 0 Å². The molecule has 2 aromatic rings. The molecule has 0 saturated carbocycles. The lowest BCUT2D eigenvalue weighted by atomic mass is 9.83. The zero-order valence-corrected chi connectivity index (χ0v) is 49.3. The van der Waals surface area contributed by atoms with Gasteiger partial charge in [-0.15, -0.1) is 11.3 Å². The molecule has 1 aromatic carbocycles. The molecule has 1 saturated heterocycles. The number of carbonyl (C=O) groups excluding carboxylic acids is 8. The van der Waals surface area contributed by atoms with Crippen LogP contribution in [0.15, 0.2) is 29.6 Å². The van der Waals surface area contributed by atoms with Crippen molar-refractivity contribution in [2.45, 2.75) is 188 Å². The highest BCUT2D eigenvalue weighted by Gasteiger charge is 2.38. The summed E-state index contributed by atoms with van der Waals surface area (Å²) >= 11 is 1.17. The lowest BCUT2D eigenvalue weighted by molar-refractivity contribution is -0.143. The maximum atomic E-state index is 14.7. The number of carbonyl (C=O) groups is 8. The van der Waals surface area contributed by atoms with E-state index < -0.39 is 66.6 Å². The van der Waals surface area contributed by atoms with Gasteiger partial charge in [0.15, 0.2) is 11.6 Å². The number of nitrogens with zero attached hydrogens (tertiary/aromatic N) is 3.